The Labute approximate surface area is 187 Å². The summed E-state index contributed by atoms with van der Waals surface area (Å²) < 4.78 is 5.34. The van der Waals surface area contributed by atoms with Crippen molar-refractivity contribution in [2.45, 2.75) is 45.2 Å². The van der Waals surface area contributed by atoms with E-state index in [1.165, 1.54) is 6.34 Å². The van der Waals surface area contributed by atoms with Gasteiger partial charge in [0.05, 0.1) is 17.7 Å². The number of aliphatic imine (C=N–C) groups is 2. The lowest BCUT2D eigenvalue weighted by atomic mass is 10.1. The van der Waals surface area contributed by atoms with Gasteiger partial charge in [-0.2, -0.15) is 4.98 Å². The molecule has 9 heteroatoms. The van der Waals surface area contributed by atoms with Gasteiger partial charge >= 0.3 is 0 Å². The summed E-state index contributed by atoms with van der Waals surface area (Å²) in [4.78, 5) is 19.3. The molecule has 3 heterocycles. The third-order valence-electron chi connectivity index (χ3n) is 5.55. The lowest BCUT2D eigenvalue weighted by Gasteiger charge is -2.30. The summed E-state index contributed by atoms with van der Waals surface area (Å²) in [5.74, 6) is 1.84. The van der Waals surface area contributed by atoms with Gasteiger partial charge in [0.25, 0.3) is 0 Å². The molecule has 1 aliphatic rings. The number of aromatic amines is 1. The molecule has 1 aromatic carbocycles. The molecule has 5 N–H and O–H groups in total. The molecule has 0 bridgehead atoms. The fourth-order valence-electron chi connectivity index (χ4n) is 3.74. The topological polar surface area (TPSA) is 135 Å². The summed E-state index contributed by atoms with van der Waals surface area (Å²) in [6, 6.07) is 10.0. The zero-order valence-electron chi connectivity index (χ0n) is 18.5. The number of hydrogen-bond donors (Lipinski definition) is 3. The molecular formula is C23H30N8O. The Kier molecular flexibility index (Phi) is 6.77. The Morgan fingerprint density at radius 3 is 2.84 bits per heavy atom. The Hall–Kier alpha value is -3.30. The highest BCUT2D eigenvalue weighted by atomic mass is 16.5. The monoisotopic (exact) mass is 434 g/mol. The summed E-state index contributed by atoms with van der Waals surface area (Å²) in [5.41, 5.74) is 15.2. The molecule has 3 aromatic rings. The maximum Gasteiger partial charge on any atom is 0.229 e. The number of H-pyrrole nitrogens is 1. The summed E-state index contributed by atoms with van der Waals surface area (Å²) in [5, 5.41) is 4.09. The van der Waals surface area contributed by atoms with E-state index in [1.54, 1.807) is 0 Å². The van der Waals surface area contributed by atoms with Gasteiger partial charge in [0.15, 0.2) is 5.84 Å². The molecule has 1 saturated heterocycles. The van der Waals surface area contributed by atoms with Crippen molar-refractivity contribution in [3.63, 3.8) is 0 Å². The maximum absolute atomic E-state index is 6.04. The van der Waals surface area contributed by atoms with Crippen LogP contribution in [0, 0.1) is 0 Å². The molecule has 1 aliphatic heterocycles. The number of hydrogen-bond acceptors (Lipinski definition) is 6. The van der Waals surface area contributed by atoms with Crippen molar-refractivity contribution in [2.75, 3.05) is 13.1 Å². The second-order valence-corrected chi connectivity index (χ2v) is 8.37. The SMILES string of the molecule is CC(C)c1nc(-c2cccc(N=C(N=CN)c3[nH]ccc3CN3CCC(N)CC3)c2)no1. The van der Waals surface area contributed by atoms with E-state index in [0.717, 1.165) is 55.0 Å². The minimum absolute atomic E-state index is 0.171. The summed E-state index contributed by atoms with van der Waals surface area (Å²) >= 11 is 0. The fourth-order valence-corrected chi connectivity index (χ4v) is 3.74. The van der Waals surface area contributed by atoms with E-state index in [4.69, 9.17) is 21.0 Å². The van der Waals surface area contributed by atoms with Gasteiger partial charge < -0.3 is 21.0 Å². The van der Waals surface area contributed by atoms with Crippen LogP contribution in [0.4, 0.5) is 5.69 Å². The molecule has 0 unspecified atom stereocenters. The zero-order valence-corrected chi connectivity index (χ0v) is 18.5. The predicted molar refractivity (Wildman–Crippen MR) is 126 cm³/mol. The average molecular weight is 435 g/mol. The van der Waals surface area contributed by atoms with E-state index in [-0.39, 0.29) is 5.92 Å². The van der Waals surface area contributed by atoms with E-state index in [9.17, 15) is 0 Å². The largest absolute Gasteiger partial charge is 0.390 e. The summed E-state index contributed by atoms with van der Waals surface area (Å²) in [7, 11) is 0. The van der Waals surface area contributed by atoms with Crippen LogP contribution in [0.1, 0.15) is 49.8 Å². The first-order valence-corrected chi connectivity index (χ1v) is 10.9. The summed E-state index contributed by atoms with van der Waals surface area (Å²) in [6.07, 6.45) is 5.21. The van der Waals surface area contributed by atoms with Crippen molar-refractivity contribution in [2.24, 2.45) is 21.5 Å². The van der Waals surface area contributed by atoms with Crippen LogP contribution in [0.3, 0.4) is 0 Å². The van der Waals surface area contributed by atoms with Crippen LogP contribution < -0.4 is 11.5 Å². The number of benzene rings is 1. The number of nitrogens with two attached hydrogens (primary N) is 2. The molecule has 168 valence electrons. The lowest BCUT2D eigenvalue weighted by molar-refractivity contribution is 0.205. The first kappa shape index (κ1) is 21.9. The molecule has 0 spiro atoms. The molecular weight excluding hydrogens is 404 g/mol. The summed E-state index contributed by atoms with van der Waals surface area (Å²) in [6.45, 7) is 6.82. The van der Waals surface area contributed by atoms with Crippen LogP contribution in [0.25, 0.3) is 11.4 Å². The molecule has 0 amide bonds. The second kappa shape index (κ2) is 9.88. The van der Waals surface area contributed by atoms with Crippen molar-refractivity contribution in [3.8, 4) is 11.4 Å². The van der Waals surface area contributed by atoms with Gasteiger partial charge in [-0.05, 0) is 49.7 Å². The molecule has 2 aromatic heterocycles. The van der Waals surface area contributed by atoms with Crippen LogP contribution in [-0.4, -0.2) is 51.3 Å². The van der Waals surface area contributed by atoms with Gasteiger partial charge in [0, 0.05) is 30.3 Å². The highest BCUT2D eigenvalue weighted by Gasteiger charge is 2.19. The van der Waals surface area contributed by atoms with Crippen LogP contribution in [0.2, 0.25) is 0 Å². The van der Waals surface area contributed by atoms with Crippen molar-refractivity contribution < 1.29 is 4.52 Å². The number of amidine groups is 1. The molecule has 0 saturated carbocycles. The quantitative estimate of drug-likeness (QED) is 0.403. The Bertz CT molecular complexity index is 1090. The number of likely N-dealkylation sites (tertiary alicyclic amines) is 1. The van der Waals surface area contributed by atoms with Crippen LogP contribution >= 0.6 is 0 Å². The Balaban J connectivity index is 1.60. The van der Waals surface area contributed by atoms with Gasteiger partial charge in [-0.15, -0.1) is 0 Å². The number of nitrogens with zero attached hydrogens (tertiary/aromatic N) is 5. The standard InChI is InChI=1S/C23H30N8O/c1-15(2)23-29-21(30-32-23)16-4-3-5-19(12-16)28-22(27-14-24)20-17(6-9-26-20)13-31-10-7-18(25)8-11-31/h3-6,9,12,14-15,18,26H,7-8,10-11,13,25H2,1-2H3,(H2,24,27,28). The van der Waals surface area contributed by atoms with E-state index in [0.29, 0.717) is 23.6 Å². The zero-order chi connectivity index (χ0) is 22.5. The van der Waals surface area contributed by atoms with E-state index in [2.05, 4.69) is 31.1 Å². The lowest BCUT2D eigenvalue weighted by Crippen LogP contribution is -2.39. The van der Waals surface area contributed by atoms with Gasteiger partial charge in [-0.1, -0.05) is 31.1 Å². The molecule has 32 heavy (non-hydrogen) atoms. The van der Waals surface area contributed by atoms with Crippen molar-refractivity contribution in [3.05, 3.63) is 53.7 Å². The Morgan fingerprint density at radius 2 is 2.12 bits per heavy atom. The van der Waals surface area contributed by atoms with E-state index < -0.39 is 0 Å². The number of nitrogens with one attached hydrogen (secondary N) is 1. The third kappa shape index (κ3) is 5.12. The minimum atomic E-state index is 0.171. The fraction of sp³-hybridized carbons (Fsp3) is 0.391. The molecule has 4 rings (SSSR count). The number of aromatic nitrogens is 3. The number of rotatable bonds is 6. The van der Waals surface area contributed by atoms with Crippen LogP contribution in [0.15, 0.2) is 51.0 Å². The van der Waals surface area contributed by atoms with Gasteiger partial charge in [-0.25, -0.2) is 9.98 Å². The maximum atomic E-state index is 6.04. The molecule has 0 atom stereocenters. The molecule has 0 aliphatic carbocycles. The van der Waals surface area contributed by atoms with Gasteiger partial charge in [-0.3, -0.25) is 4.90 Å². The van der Waals surface area contributed by atoms with Gasteiger partial charge in [0.2, 0.25) is 11.7 Å². The molecule has 9 nitrogen and oxygen atoms in total. The first-order valence-electron chi connectivity index (χ1n) is 10.9. The van der Waals surface area contributed by atoms with E-state index >= 15 is 0 Å². The third-order valence-corrected chi connectivity index (χ3v) is 5.55. The Morgan fingerprint density at radius 1 is 1.31 bits per heavy atom. The van der Waals surface area contributed by atoms with Crippen LogP contribution in [-0.2, 0) is 6.54 Å². The minimum Gasteiger partial charge on any atom is -0.390 e. The smallest absolute Gasteiger partial charge is 0.229 e. The van der Waals surface area contributed by atoms with Crippen molar-refractivity contribution >= 4 is 17.9 Å². The number of piperidine rings is 1. The predicted octanol–water partition coefficient (Wildman–Crippen LogP) is 3.18. The highest BCUT2D eigenvalue weighted by Crippen LogP contribution is 2.25. The first-order chi connectivity index (χ1) is 15.5. The molecule has 0 radical (unpaired) electrons. The van der Waals surface area contributed by atoms with Crippen molar-refractivity contribution in [1.82, 2.24) is 20.0 Å². The average Bonchev–Trinajstić information content (AvgIpc) is 3.45. The second-order valence-electron chi connectivity index (χ2n) is 8.37. The highest BCUT2D eigenvalue weighted by molar-refractivity contribution is 6.03. The normalized spacial score (nSPS) is 16.4. The van der Waals surface area contributed by atoms with Crippen LogP contribution in [0.5, 0.6) is 0 Å². The van der Waals surface area contributed by atoms with Crippen molar-refractivity contribution in [1.29, 1.82) is 0 Å². The molecule has 1 fully saturated rings. The van der Waals surface area contributed by atoms with E-state index in [1.807, 2.05) is 44.3 Å². The van der Waals surface area contributed by atoms with Gasteiger partial charge in [0.1, 0.15) is 0 Å².